The molecule has 2 aromatic rings. The van der Waals surface area contributed by atoms with Crippen molar-refractivity contribution in [2.24, 2.45) is 0 Å². The Kier molecular flexibility index (Phi) is 7.21. The van der Waals surface area contributed by atoms with Gasteiger partial charge in [0.25, 0.3) is 5.91 Å². The average Bonchev–Trinajstić information content (AvgIpc) is 2.65. The molecule has 0 saturated heterocycles. The quantitative estimate of drug-likeness (QED) is 0.733. The van der Waals surface area contributed by atoms with Crippen LogP contribution in [0.15, 0.2) is 42.5 Å². The molecule has 0 aromatic heterocycles. The van der Waals surface area contributed by atoms with E-state index in [1.807, 2.05) is 0 Å². The normalized spacial score (nSPS) is 11.4. The summed E-state index contributed by atoms with van der Waals surface area (Å²) in [7, 11) is 1.21. The third kappa shape index (κ3) is 5.45. The fourth-order valence-corrected chi connectivity index (χ4v) is 2.94. The molecule has 6 nitrogen and oxygen atoms in total. The molecule has 1 N–H and O–H groups in total. The number of ether oxygens (including phenoxy) is 2. The Morgan fingerprint density at radius 1 is 1.04 bits per heavy atom. The molecule has 142 valence electrons. The van der Waals surface area contributed by atoms with E-state index in [4.69, 9.17) is 27.9 Å². The first kappa shape index (κ1) is 20.7. The van der Waals surface area contributed by atoms with Gasteiger partial charge in [0.1, 0.15) is 0 Å². The molecule has 0 radical (unpaired) electrons. The molecular formula is C19H17Cl2NO5. The van der Waals surface area contributed by atoms with Gasteiger partial charge in [-0.05, 0) is 36.8 Å². The van der Waals surface area contributed by atoms with Crippen molar-refractivity contribution < 1.29 is 23.9 Å². The van der Waals surface area contributed by atoms with Gasteiger partial charge in [0.05, 0.1) is 24.3 Å². The highest BCUT2D eigenvalue weighted by molar-refractivity contribution is 6.35. The van der Waals surface area contributed by atoms with Crippen LogP contribution in [0.3, 0.4) is 0 Å². The number of hydrogen-bond acceptors (Lipinski definition) is 5. The summed E-state index contributed by atoms with van der Waals surface area (Å²) in [5.74, 6) is -1.99. The Labute approximate surface area is 166 Å². The topological polar surface area (TPSA) is 81.7 Å². The Morgan fingerprint density at radius 3 is 2.26 bits per heavy atom. The van der Waals surface area contributed by atoms with Crippen LogP contribution >= 0.6 is 23.2 Å². The number of carbonyl (C=O) groups is 3. The molecule has 2 rings (SSSR count). The van der Waals surface area contributed by atoms with Crippen LogP contribution in [-0.2, 0) is 14.3 Å². The van der Waals surface area contributed by atoms with E-state index >= 15 is 0 Å². The van der Waals surface area contributed by atoms with Crippen molar-refractivity contribution in [3.63, 3.8) is 0 Å². The van der Waals surface area contributed by atoms with E-state index in [2.05, 4.69) is 10.1 Å². The van der Waals surface area contributed by atoms with Crippen LogP contribution in [0.5, 0.6) is 0 Å². The van der Waals surface area contributed by atoms with Crippen LogP contribution in [0.4, 0.5) is 0 Å². The first-order chi connectivity index (χ1) is 12.8. The lowest BCUT2D eigenvalue weighted by Gasteiger charge is -2.16. The van der Waals surface area contributed by atoms with Gasteiger partial charge < -0.3 is 14.8 Å². The SMILES string of the molecule is COC(=O)c1ccccc1C(=O)OCC(=O)NC(C)c1ccc(Cl)cc1Cl. The second-order valence-electron chi connectivity index (χ2n) is 5.57. The molecule has 0 saturated carbocycles. The summed E-state index contributed by atoms with van der Waals surface area (Å²) in [6.07, 6.45) is 0. The highest BCUT2D eigenvalue weighted by Gasteiger charge is 2.20. The number of methoxy groups -OCH3 is 1. The summed E-state index contributed by atoms with van der Waals surface area (Å²) in [5, 5.41) is 3.58. The minimum Gasteiger partial charge on any atom is -0.465 e. The van der Waals surface area contributed by atoms with Crippen LogP contribution in [0.2, 0.25) is 10.0 Å². The molecule has 1 atom stereocenters. The number of benzene rings is 2. The van der Waals surface area contributed by atoms with E-state index in [0.717, 1.165) is 0 Å². The maximum atomic E-state index is 12.2. The van der Waals surface area contributed by atoms with Crippen molar-refractivity contribution in [3.8, 4) is 0 Å². The van der Waals surface area contributed by atoms with Crippen molar-refractivity contribution in [2.45, 2.75) is 13.0 Å². The smallest absolute Gasteiger partial charge is 0.339 e. The fraction of sp³-hybridized carbons (Fsp3) is 0.211. The van der Waals surface area contributed by atoms with Gasteiger partial charge in [-0.15, -0.1) is 0 Å². The van der Waals surface area contributed by atoms with Crippen molar-refractivity contribution in [1.29, 1.82) is 0 Å². The molecule has 8 heteroatoms. The predicted octanol–water partition coefficient (Wildman–Crippen LogP) is 3.81. The second-order valence-corrected chi connectivity index (χ2v) is 6.41. The lowest BCUT2D eigenvalue weighted by molar-refractivity contribution is -0.124. The van der Waals surface area contributed by atoms with E-state index in [0.29, 0.717) is 15.6 Å². The van der Waals surface area contributed by atoms with E-state index in [9.17, 15) is 14.4 Å². The number of hydrogen-bond donors (Lipinski definition) is 1. The largest absolute Gasteiger partial charge is 0.465 e. The van der Waals surface area contributed by atoms with E-state index in [1.54, 1.807) is 37.3 Å². The Balaban J connectivity index is 1.97. The Morgan fingerprint density at radius 2 is 1.67 bits per heavy atom. The molecule has 0 fully saturated rings. The second kappa shape index (κ2) is 9.39. The number of rotatable bonds is 6. The Bertz CT molecular complexity index is 869. The first-order valence-corrected chi connectivity index (χ1v) is 8.68. The van der Waals surface area contributed by atoms with Crippen LogP contribution in [0.1, 0.15) is 39.2 Å². The minimum absolute atomic E-state index is 0.0194. The summed E-state index contributed by atoms with van der Waals surface area (Å²) in [4.78, 5) is 36.0. The lowest BCUT2D eigenvalue weighted by atomic mass is 10.1. The molecule has 2 aromatic carbocycles. The molecule has 27 heavy (non-hydrogen) atoms. The number of halogens is 2. The molecule has 1 unspecified atom stereocenters. The van der Waals surface area contributed by atoms with Crippen LogP contribution in [-0.4, -0.2) is 31.6 Å². The van der Waals surface area contributed by atoms with Crippen molar-refractivity contribution >= 4 is 41.0 Å². The minimum atomic E-state index is -0.802. The summed E-state index contributed by atoms with van der Waals surface area (Å²) < 4.78 is 9.62. The summed E-state index contributed by atoms with van der Waals surface area (Å²) in [6, 6.07) is 10.5. The molecule has 0 aliphatic rings. The molecule has 0 heterocycles. The summed E-state index contributed by atoms with van der Waals surface area (Å²) >= 11 is 12.0. The predicted molar refractivity (Wildman–Crippen MR) is 101 cm³/mol. The molecular weight excluding hydrogens is 393 g/mol. The van der Waals surface area contributed by atoms with Gasteiger partial charge in [-0.3, -0.25) is 4.79 Å². The highest BCUT2D eigenvalue weighted by Crippen LogP contribution is 2.26. The van der Waals surface area contributed by atoms with Crippen molar-refractivity contribution in [3.05, 3.63) is 69.2 Å². The van der Waals surface area contributed by atoms with Gasteiger partial charge in [0.2, 0.25) is 0 Å². The zero-order valence-corrected chi connectivity index (χ0v) is 16.1. The van der Waals surface area contributed by atoms with Crippen LogP contribution in [0.25, 0.3) is 0 Å². The van der Waals surface area contributed by atoms with Crippen molar-refractivity contribution in [1.82, 2.24) is 5.32 Å². The van der Waals surface area contributed by atoms with Gasteiger partial charge in [-0.1, -0.05) is 41.4 Å². The number of carbonyl (C=O) groups excluding carboxylic acids is 3. The molecule has 0 bridgehead atoms. The number of esters is 2. The van der Waals surface area contributed by atoms with E-state index < -0.39 is 30.5 Å². The number of nitrogens with one attached hydrogen (secondary N) is 1. The monoisotopic (exact) mass is 409 g/mol. The van der Waals surface area contributed by atoms with Crippen LogP contribution in [0, 0.1) is 0 Å². The van der Waals surface area contributed by atoms with E-state index in [1.165, 1.54) is 19.2 Å². The first-order valence-electron chi connectivity index (χ1n) is 7.92. The Hall–Kier alpha value is -2.57. The van der Waals surface area contributed by atoms with Gasteiger partial charge in [-0.25, -0.2) is 9.59 Å². The third-order valence-electron chi connectivity index (χ3n) is 3.69. The molecule has 1 amide bonds. The maximum Gasteiger partial charge on any atom is 0.339 e. The summed E-state index contributed by atoms with van der Waals surface area (Å²) in [5.41, 5.74) is 0.759. The molecule has 0 aliphatic carbocycles. The lowest BCUT2D eigenvalue weighted by Crippen LogP contribution is -2.31. The molecule has 0 aliphatic heterocycles. The van der Waals surface area contributed by atoms with Gasteiger partial charge in [0, 0.05) is 10.0 Å². The van der Waals surface area contributed by atoms with Crippen molar-refractivity contribution in [2.75, 3.05) is 13.7 Å². The number of amides is 1. The standard InChI is InChI=1S/C19H17Cl2NO5/c1-11(13-8-7-12(20)9-16(13)21)22-17(23)10-27-19(25)15-6-4-3-5-14(15)18(24)26-2/h3-9,11H,10H2,1-2H3,(H,22,23). The average molecular weight is 410 g/mol. The zero-order valence-electron chi connectivity index (χ0n) is 14.6. The zero-order chi connectivity index (χ0) is 20.0. The van der Waals surface area contributed by atoms with Gasteiger partial charge in [0.15, 0.2) is 6.61 Å². The molecule has 0 spiro atoms. The third-order valence-corrected chi connectivity index (χ3v) is 4.26. The van der Waals surface area contributed by atoms with Gasteiger partial charge >= 0.3 is 11.9 Å². The van der Waals surface area contributed by atoms with Gasteiger partial charge in [-0.2, -0.15) is 0 Å². The highest BCUT2D eigenvalue weighted by atomic mass is 35.5. The fourth-order valence-electron chi connectivity index (χ4n) is 2.37. The summed E-state index contributed by atoms with van der Waals surface area (Å²) in [6.45, 7) is 1.23. The van der Waals surface area contributed by atoms with E-state index in [-0.39, 0.29) is 11.1 Å². The van der Waals surface area contributed by atoms with Crippen LogP contribution < -0.4 is 5.32 Å². The maximum absolute atomic E-state index is 12.2.